The standard InChI is InChI=1S/C18H22N4O2/c1-12(2)16(23)8-15-11-19-10-14(22-15)7-13(3)17(24)9-18-20-5-4-6-21-18/h4-6,10-13H,7-9H2,1-3H3. The summed E-state index contributed by atoms with van der Waals surface area (Å²) >= 11 is 0. The van der Waals surface area contributed by atoms with E-state index in [1.165, 1.54) is 0 Å². The number of carbonyl (C=O) groups is 2. The van der Waals surface area contributed by atoms with Crippen LogP contribution in [0.2, 0.25) is 0 Å². The zero-order chi connectivity index (χ0) is 17.5. The molecule has 6 heteroatoms. The van der Waals surface area contributed by atoms with Crippen molar-refractivity contribution in [1.82, 2.24) is 19.9 Å². The Labute approximate surface area is 141 Å². The molecule has 0 N–H and O–H groups in total. The number of Topliss-reactive ketones (excluding diaryl/α,β-unsaturated/α-hetero) is 2. The molecule has 126 valence electrons. The number of nitrogens with zero attached hydrogens (tertiary/aromatic N) is 4. The van der Waals surface area contributed by atoms with Gasteiger partial charge in [0.2, 0.25) is 0 Å². The molecular formula is C18H22N4O2. The van der Waals surface area contributed by atoms with Gasteiger partial charge >= 0.3 is 0 Å². The van der Waals surface area contributed by atoms with E-state index in [4.69, 9.17) is 0 Å². The van der Waals surface area contributed by atoms with Crippen molar-refractivity contribution in [3.05, 3.63) is 48.1 Å². The number of rotatable bonds is 8. The van der Waals surface area contributed by atoms with Gasteiger partial charge in [0, 0.05) is 43.0 Å². The molecular weight excluding hydrogens is 304 g/mol. The summed E-state index contributed by atoms with van der Waals surface area (Å²) in [7, 11) is 0. The van der Waals surface area contributed by atoms with Crippen LogP contribution < -0.4 is 0 Å². The molecule has 6 nitrogen and oxygen atoms in total. The van der Waals surface area contributed by atoms with Gasteiger partial charge < -0.3 is 0 Å². The molecule has 1 atom stereocenters. The third-order valence-corrected chi connectivity index (χ3v) is 3.75. The molecule has 0 spiro atoms. The van der Waals surface area contributed by atoms with E-state index < -0.39 is 0 Å². The summed E-state index contributed by atoms with van der Waals surface area (Å²) in [6.45, 7) is 5.59. The first kappa shape index (κ1) is 17.8. The molecule has 0 radical (unpaired) electrons. The second kappa shape index (κ2) is 8.38. The van der Waals surface area contributed by atoms with Gasteiger partial charge in [0.05, 0.1) is 24.2 Å². The van der Waals surface area contributed by atoms with Gasteiger partial charge in [-0.2, -0.15) is 0 Å². The molecule has 1 unspecified atom stereocenters. The van der Waals surface area contributed by atoms with E-state index in [1.54, 1.807) is 30.9 Å². The second-order valence-electron chi connectivity index (χ2n) is 6.21. The van der Waals surface area contributed by atoms with Crippen LogP contribution in [0.5, 0.6) is 0 Å². The average molecular weight is 326 g/mol. The molecule has 0 fully saturated rings. The monoisotopic (exact) mass is 326 g/mol. The Morgan fingerprint density at radius 2 is 1.62 bits per heavy atom. The van der Waals surface area contributed by atoms with Gasteiger partial charge in [-0.1, -0.05) is 20.8 Å². The normalized spacial score (nSPS) is 12.2. The third kappa shape index (κ3) is 5.30. The molecule has 2 aromatic heterocycles. The lowest BCUT2D eigenvalue weighted by atomic mass is 9.98. The number of hydrogen-bond donors (Lipinski definition) is 0. The Kier molecular flexibility index (Phi) is 6.23. The third-order valence-electron chi connectivity index (χ3n) is 3.75. The van der Waals surface area contributed by atoms with Gasteiger partial charge in [-0.3, -0.25) is 19.6 Å². The number of hydrogen-bond acceptors (Lipinski definition) is 6. The smallest absolute Gasteiger partial charge is 0.143 e. The SMILES string of the molecule is CC(C)C(=O)Cc1cncc(CC(C)C(=O)Cc2ncccn2)n1. The molecule has 0 aromatic carbocycles. The first-order valence-electron chi connectivity index (χ1n) is 8.06. The first-order valence-corrected chi connectivity index (χ1v) is 8.06. The predicted octanol–water partition coefficient (Wildman–Crippen LogP) is 2.02. The molecule has 0 aliphatic rings. The highest BCUT2D eigenvalue weighted by Crippen LogP contribution is 2.10. The van der Waals surface area contributed by atoms with Gasteiger partial charge in [0.25, 0.3) is 0 Å². The van der Waals surface area contributed by atoms with E-state index in [-0.39, 0.29) is 36.2 Å². The van der Waals surface area contributed by atoms with Crippen LogP contribution in [0.25, 0.3) is 0 Å². The summed E-state index contributed by atoms with van der Waals surface area (Å²) in [6.07, 6.45) is 7.48. The highest BCUT2D eigenvalue weighted by molar-refractivity contribution is 5.82. The number of ketones is 2. The minimum atomic E-state index is -0.209. The summed E-state index contributed by atoms with van der Waals surface area (Å²) < 4.78 is 0. The van der Waals surface area contributed by atoms with Crippen molar-refractivity contribution in [2.24, 2.45) is 11.8 Å². The van der Waals surface area contributed by atoms with Crippen LogP contribution in [-0.2, 0) is 28.9 Å². The fourth-order valence-electron chi connectivity index (χ4n) is 2.20. The maximum absolute atomic E-state index is 12.3. The van der Waals surface area contributed by atoms with Crippen LogP contribution in [0.1, 0.15) is 38.0 Å². The Balaban J connectivity index is 1.97. The van der Waals surface area contributed by atoms with Crippen LogP contribution in [0.3, 0.4) is 0 Å². The Morgan fingerprint density at radius 3 is 2.29 bits per heavy atom. The average Bonchev–Trinajstić information content (AvgIpc) is 2.56. The molecule has 0 amide bonds. The zero-order valence-electron chi connectivity index (χ0n) is 14.3. The summed E-state index contributed by atoms with van der Waals surface area (Å²) in [5, 5.41) is 0. The molecule has 0 aliphatic carbocycles. The van der Waals surface area contributed by atoms with E-state index >= 15 is 0 Å². The molecule has 0 bridgehead atoms. The lowest BCUT2D eigenvalue weighted by molar-refractivity contribution is -0.122. The summed E-state index contributed by atoms with van der Waals surface area (Å²) in [4.78, 5) is 40.9. The first-order chi connectivity index (χ1) is 11.5. The van der Waals surface area contributed by atoms with Crippen molar-refractivity contribution in [1.29, 1.82) is 0 Å². The molecule has 0 saturated carbocycles. The van der Waals surface area contributed by atoms with Crippen molar-refractivity contribution < 1.29 is 9.59 Å². The largest absolute Gasteiger partial charge is 0.299 e. The van der Waals surface area contributed by atoms with E-state index in [9.17, 15) is 9.59 Å². The Hall–Kier alpha value is -2.50. The van der Waals surface area contributed by atoms with Crippen LogP contribution in [0, 0.1) is 11.8 Å². The topological polar surface area (TPSA) is 85.7 Å². The quantitative estimate of drug-likeness (QED) is 0.738. The van der Waals surface area contributed by atoms with Crippen LogP contribution in [0.15, 0.2) is 30.9 Å². The van der Waals surface area contributed by atoms with E-state index in [2.05, 4.69) is 19.9 Å². The van der Waals surface area contributed by atoms with Crippen molar-refractivity contribution in [3.8, 4) is 0 Å². The van der Waals surface area contributed by atoms with Gasteiger partial charge in [-0.05, 0) is 6.07 Å². The van der Waals surface area contributed by atoms with Crippen LogP contribution >= 0.6 is 0 Å². The summed E-state index contributed by atoms with van der Waals surface area (Å²) in [6, 6.07) is 1.72. The Morgan fingerprint density at radius 1 is 0.958 bits per heavy atom. The van der Waals surface area contributed by atoms with Crippen molar-refractivity contribution in [2.75, 3.05) is 0 Å². The van der Waals surface area contributed by atoms with E-state index in [1.807, 2.05) is 20.8 Å². The minimum absolute atomic E-state index is 0.0261. The summed E-state index contributed by atoms with van der Waals surface area (Å²) in [5.74, 6) is 0.483. The van der Waals surface area contributed by atoms with Gasteiger partial charge in [0.15, 0.2) is 0 Å². The van der Waals surface area contributed by atoms with Gasteiger partial charge in [-0.15, -0.1) is 0 Å². The summed E-state index contributed by atoms with van der Waals surface area (Å²) in [5.41, 5.74) is 1.37. The van der Waals surface area contributed by atoms with Crippen LogP contribution in [-0.4, -0.2) is 31.5 Å². The van der Waals surface area contributed by atoms with Crippen molar-refractivity contribution >= 4 is 11.6 Å². The molecule has 0 saturated heterocycles. The Bertz CT molecular complexity index is 701. The zero-order valence-corrected chi connectivity index (χ0v) is 14.3. The van der Waals surface area contributed by atoms with Gasteiger partial charge in [-0.25, -0.2) is 9.97 Å². The number of aromatic nitrogens is 4. The van der Waals surface area contributed by atoms with Crippen molar-refractivity contribution in [2.45, 2.75) is 40.0 Å². The molecule has 0 aliphatic heterocycles. The van der Waals surface area contributed by atoms with Crippen molar-refractivity contribution in [3.63, 3.8) is 0 Å². The fraction of sp³-hybridized carbons (Fsp3) is 0.444. The predicted molar refractivity (Wildman–Crippen MR) is 89.2 cm³/mol. The van der Waals surface area contributed by atoms with Crippen LogP contribution in [0.4, 0.5) is 0 Å². The molecule has 2 aromatic rings. The maximum Gasteiger partial charge on any atom is 0.143 e. The molecule has 2 heterocycles. The molecule has 24 heavy (non-hydrogen) atoms. The maximum atomic E-state index is 12.3. The highest BCUT2D eigenvalue weighted by Gasteiger charge is 2.17. The fourth-order valence-corrected chi connectivity index (χ4v) is 2.20. The lowest BCUT2D eigenvalue weighted by Crippen LogP contribution is -2.18. The molecule has 2 rings (SSSR count). The minimum Gasteiger partial charge on any atom is -0.299 e. The lowest BCUT2D eigenvalue weighted by Gasteiger charge is -2.10. The van der Waals surface area contributed by atoms with E-state index in [0.717, 1.165) is 5.69 Å². The second-order valence-corrected chi connectivity index (χ2v) is 6.21. The number of carbonyl (C=O) groups excluding carboxylic acids is 2. The highest BCUT2D eigenvalue weighted by atomic mass is 16.1. The van der Waals surface area contributed by atoms with Gasteiger partial charge in [0.1, 0.15) is 17.4 Å². The van der Waals surface area contributed by atoms with E-state index in [0.29, 0.717) is 17.9 Å².